The predicted molar refractivity (Wildman–Crippen MR) is 81.6 cm³/mol. The lowest BCUT2D eigenvalue weighted by molar-refractivity contribution is 0.285. The lowest BCUT2D eigenvalue weighted by Gasteiger charge is -2.14. The van der Waals surface area contributed by atoms with Crippen LogP contribution in [-0.4, -0.2) is 20.8 Å². The van der Waals surface area contributed by atoms with Crippen molar-refractivity contribution >= 4 is 15.9 Å². The Hall–Kier alpha value is -1.40. The van der Waals surface area contributed by atoms with E-state index in [1.54, 1.807) is 0 Å². The Morgan fingerprint density at radius 2 is 2.15 bits per heavy atom. The highest BCUT2D eigenvalue weighted by Gasteiger charge is 2.12. The van der Waals surface area contributed by atoms with Gasteiger partial charge in [-0.3, -0.25) is 0 Å². The maximum Gasteiger partial charge on any atom is 0.170 e. The van der Waals surface area contributed by atoms with Crippen molar-refractivity contribution in [3.63, 3.8) is 0 Å². The molecule has 0 amide bonds. The molecule has 1 aromatic heterocycles. The Morgan fingerprint density at radius 3 is 2.75 bits per heavy atom. The average molecular weight is 339 g/mol. The van der Waals surface area contributed by atoms with Crippen molar-refractivity contribution in [1.29, 1.82) is 0 Å². The molecule has 2 N–H and O–H groups in total. The van der Waals surface area contributed by atoms with Gasteiger partial charge in [0.2, 0.25) is 0 Å². The van der Waals surface area contributed by atoms with Gasteiger partial charge in [0.25, 0.3) is 0 Å². The standard InChI is InChI=1S/C14H19BrN4O/c1-9(16)7-11-5-4-6-12(15)14(11)20-8-13-18-17-10(2)19(13)3/h4-6,9H,7-8,16H2,1-3H3. The molecule has 1 aromatic carbocycles. The molecule has 0 radical (unpaired) electrons. The molecule has 1 atom stereocenters. The number of aromatic nitrogens is 3. The van der Waals surface area contributed by atoms with E-state index in [1.807, 2.05) is 43.7 Å². The number of halogens is 1. The highest BCUT2D eigenvalue weighted by molar-refractivity contribution is 9.10. The summed E-state index contributed by atoms with van der Waals surface area (Å²) in [5.41, 5.74) is 6.97. The molecule has 0 aliphatic rings. The van der Waals surface area contributed by atoms with Crippen molar-refractivity contribution in [1.82, 2.24) is 14.8 Å². The number of nitrogens with two attached hydrogens (primary N) is 1. The van der Waals surface area contributed by atoms with Crippen molar-refractivity contribution in [3.05, 3.63) is 39.9 Å². The van der Waals surface area contributed by atoms with Crippen molar-refractivity contribution in [2.24, 2.45) is 12.8 Å². The second-order valence-electron chi connectivity index (χ2n) is 4.92. The van der Waals surface area contributed by atoms with Gasteiger partial charge in [0, 0.05) is 13.1 Å². The van der Waals surface area contributed by atoms with E-state index >= 15 is 0 Å². The fraction of sp³-hybridized carbons (Fsp3) is 0.429. The minimum Gasteiger partial charge on any atom is -0.484 e. The van der Waals surface area contributed by atoms with E-state index < -0.39 is 0 Å². The van der Waals surface area contributed by atoms with Crippen molar-refractivity contribution < 1.29 is 4.74 Å². The summed E-state index contributed by atoms with van der Waals surface area (Å²) in [5, 5.41) is 8.12. The van der Waals surface area contributed by atoms with E-state index in [9.17, 15) is 0 Å². The van der Waals surface area contributed by atoms with Crippen LogP contribution < -0.4 is 10.5 Å². The van der Waals surface area contributed by atoms with Gasteiger partial charge in [0.1, 0.15) is 18.2 Å². The average Bonchev–Trinajstić information content (AvgIpc) is 2.69. The molecule has 0 saturated heterocycles. The third-order valence-electron chi connectivity index (χ3n) is 3.12. The minimum absolute atomic E-state index is 0.0868. The first-order valence-electron chi connectivity index (χ1n) is 6.49. The third-order valence-corrected chi connectivity index (χ3v) is 3.74. The van der Waals surface area contributed by atoms with E-state index in [1.165, 1.54) is 0 Å². The Balaban J connectivity index is 2.18. The van der Waals surface area contributed by atoms with E-state index in [2.05, 4.69) is 26.1 Å². The normalized spacial score (nSPS) is 12.4. The van der Waals surface area contributed by atoms with Crippen LogP contribution in [0.5, 0.6) is 5.75 Å². The van der Waals surface area contributed by atoms with E-state index in [0.29, 0.717) is 6.61 Å². The van der Waals surface area contributed by atoms with E-state index in [-0.39, 0.29) is 6.04 Å². The quantitative estimate of drug-likeness (QED) is 0.908. The van der Waals surface area contributed by atoms with Crippen molar-refractivity contribution in [2.75, 3.05) is 0 Å². The fourth-order valence-electron chi connectivity index (χ4n) is 1.94. The van der Waals surface area contributed by atoms with Crippen LogP contribution in [0.2, 0.25) is 0 Å². The van der Waals surface area contributed by atoms with Gasteiger partial charge in [-0.25, -0.2) is 0 Å². The molecule has 0 saturated carbocycles. The van der Waals surface area contributed by atoms with Crippen LogP contribution >= 0.6 is 15.9 Å². The second kappa shape index (κ2) is 6.37. The summed E-state index contributed by atoms with van der Waals surface area (Å²) >= 11 is 3.53. The number of aryl methyl sites for hydroxylation is 1. The van der Waals surface area contributed by atoms with Crippen LogP contribution in [0.1, 0.15) is 24.1 Å². The molecule has 0 aliphatic heterocycles. The van der Waals surface area contributed by atoms with Gasteiger partial charge in [-0.1, -0.05) is 12.1 Å². The largest absolute Gasteiger partial charge is 0.484 e. The number of benzene rings is 1. The van der Waals surface area contributed by atoms with Gasteiger partial charge in [0.05, 0.1) is 4.47 Å². The highest BCUT2D eigenvalue weighted by Crippen LogP contribution is 2.30. The minimum atomic E-state index is 0.0868. The molecule has 5 nitrogen and oxygen atoms in total. The molecule has 6 heteroatoms. The molecule has 0 bridgehead atoms. The Bertz CT molecular complexity index is 595. The number of para-hydroxylation sites is 1. The Kier molecular flexibility index (Phi) is 4.77. The Labute approximate surface area is 127 Å². The van der Waals surface area contributed by atoms with E-state index in [0.717, 1.165) is 33.9 Å². The van der Waals surface area contributed by atoms with Gasteiger partial charge >= 0.3 is 0 Å². The van der Waals surface area contributed by atoms with Gasteiger partial charge in [-0.15, -0.1) is 10.2 Å². The van der Waals surface area contributed by atoms with Crippen LogP contribution in [0.25, 0.3) is 0 Å². The molecule has 1 unspecified atom stereocenters. The molecule has 0 fully saturated rings. The lowest BCUT2D eigenvalue weighted by Crippen LogP contribution is -2.18. The molecule has 20 heavy (non-hydrogen) atoms. The van der Waals surface area contributed by atoms with Crippen LogP contribution in [0, 0.1) is 6.92 Å². The van der Waals surface area contributed by atoms with Crippen LogP contribution in [0.15, 0.2) is 22.7 Å². The van der Waals surface area contributed by atoms with Crippen LogP contribution in [0.4, 0.5) is 0 Å². The molecular formula is C14H19BrN4O. The molecule has 2 rings (SSSR count). The van der Waals surface area contributed by atoms with Crippen molar-refractivity contribution in [3.8, 4) is 5.75 Å². The SMILES string of the molecule is Cc1nnc(COc2c(Br)cccc2CC(C)N)n1C. The van der Waals surface area contributed by atoms with Crippen LogP contribution in [0.3, 0.4) is 0 Å². The zero-order valence-corrected chi connectivity index (χ0v) is 13.5. The fourth-order valence-corrected chi connectivity index (χ4v) is 2.46. The summed E-state index contributed by atoms with van der Waals surface area (Å²) in [7, 11) is 1.93. The lowest BCUT2D eigenvalue weighted by atomic mass is 10.1. The first kappa shape index (κ1) is 15.0. The highest BCUT2D eigenvalue weighted by atomic mass is 79.9. The summed E-state index contributed by atoms with van der Waals surface area (Å²) in [5.74, 6) is 2.49. The first-order valence-corrected chi connectivity index (χ1v) is 7.29. The summed E-state index contributed by atoms with van der Waals surface area (Å²) < 4.78 is 8.77. The summed E-state index contributed by atoms with van der Waals surface area (Å²) in [6.45, 7) is 4.28. The summed E-state index contributed by atoms with van der Waals surface area (Å²) in [4.78, 5) is 0. The molecular weight excluding hydrogens is 320 g/mol. The Morgan fingerprint density at radius 1 is 1.40 bits per heavy atom. The zero-order chi connectivity index (χ0) is 14.7. The number of rotatable bonds is 5. The molecule has 0 spiro atoms. The van der Waals surface area contributed by atoms with Gasteiger partial charge in [-0.05, 0) is 47.8 Å². The molecule has 108 valence electrons. The number of hydrogen-bond acceptors (Lipinski definition) is 4. The molecule has 2 aromatic rings. The number of nitrogens with zero attached hydrogens (tertiary/aromatic N) is 3. The van der Waals surface area contributed by atoms with E-state index in [4.69, 9.17) is 10.5 Å². The van der Waals surface area contributed by atoms with Gasteiger partial charge in [-0.2, -0.15) is 0 Å². The van der Waals surface area contributed by atoms with Gasteiger partial charge < -0.3 is 15.0 Å². The number of hydrogen-bond donors (Lipinski definition) is 1. The zero-order valence-electron chi connectivity index (χ0n) is 11.9. The van der Waals surface area contributed by atoms with Crippen molar-refractivity contribution in [2.45, 2.75) is 32.9 Å². The predicted octanol–water partition coefficient (Wildman–Crippen LogP) is 2.35. The molecule has 1 heterocycles. The maximum absolute atomic E-state index is 5.92. The monoisotopic (exact) mass is 338 g/mol. The van der Waals surface area contributed by atoms with Crippen LogP contribution in [-0.2, 0) is 20.1 Å². The maximum atomic E-state index is 5.92. The molecule has 0 aliphatic carbocycles. The van der Waals surface area contributed by atoms with Gasteiger partial charge in [0.15, 0.2) is 5.82 Å². The topological polar surface area (TPSA) is 66.0 Å². The third kappa shape index (κ3) is 3.37. The summed E-state index contributed by atoms with van der Waals surface area (Å²) in [6, 6.07) is 6.07. The second-order valence-corrected chi connectivity index (χ2v) is 5.77. The number of ether oxygens (including phenoxy) is 1. The smallest absolute Gasteiger partial charge is 0.170 e. The first-order chi connectivity index (χ1) is 9.49. The summed E-state index contributed by atoms with van der Waals surface area (Å²) in [6.07, 6.45) is 0.770.